The van der Waals surface area contributed by atoms with E-state index in [1.165, 1.54) is 18.4 Å². The quantitative estimate of drug-likeness (QED) is 0.754. The van der Waals surface area contributed by atoms with E-state index in [9.17, 15) is 0 Å². The van der Waals surface area contributed by atoms with Crippen molar-refractivity contribution in [3.8, 4) is 5.75 Å². The Morgan fingerprint density at radius 2 is 2.00 bits per heavy atom. The number of ether oxygens (including phenoxy) is 1. The number of nitrogens with one attached hydrogen (secondary N) is 1. The summed E-state index contributed by atoms with van der Waals surface area (Å²) in [5.74, 6) is 0.865. The molecule has 0 aliphatic heterocycles. The summed E-state index contributed by atoms with van der Waals surface area (Å²) in [6, 6.07) is 6.55. The van der Waals surface area contributed by atoms with Gasteiger partial charge in [-0.3, -0.25) is 4.98 Å². The Kier molecular flexibility index (Phi) is 6.66. The minimum absolute atomic E-state index is 0.431. The van der Waals surface area contributed by atoms with Crippen LogP contribution in [-0.4, -0.2) is 42.7 Å². The Morgan fingerprint density at radius 3 is 2.70 bits per heavy atom. The molecule has 0 amide bonds. The van der Waals surface area contributed by atoms with Crippen LogP contribution in [0.5, 0.6) is 5.75 Å². The third-order valence-corrected chi connectivity index (χ3v) is 4.37. The first kappa shape index (κ1) is 17.5. The lowest BCUT2D eigenvalue weighted by Crippen LogP contribution is -2.25. The number of nitrogens with zero attached hydrogens (tertiary/aromatic N) is 2. The number of fused-ring (bicyclic) bond motifs is 1. The lowest BCUT2D eigenvalue weighted by Gasteiger charge is -2.20. The number of methoxy groups -OCH3 is 1. The van der Waals surface area contributed by atoms with Crippen LogP contribution in [0.1, 0.15) is 33.6 Å². The molecule has 0 radical (unpaired) electrons. The SMILES string of the molecule is CCN(CC)CCCC(C)Nc1cncc2cc(OC)ccc12. The molecule has 0 fully saturated rings. The molecule has 4 nitrogen and oxygen atoms in total. The van der Waals surface area contributed by atoms with Crippen molar-refractivity contribution in [2.45, 2.75) is 39.7 Å². The van der Waals surface area contributed by atoms with Crippen LogP contribution in [-0.2, 0) is 0 Å². The first-order valence-electron chi connectivity index (χ1n) is 8.58. The van der Waals surface area contributed by atoms with Crippen molar-refractivity contribution >= 4 is 16.5 Å². The topological polar surface area (TPSA) is 37.4 Å². The van der Waals surface area contributed by atoms with Gasteiger partial charge < -0.3 is 15.0 Å². The molecule has 1 aromatic carbocycles. The summed E-state index contributed by atoms with van der Waals surface area (Å²) in [6.45, 7) is 10.1. The third kappa shape index (κ3) is 4.83. The highest BCUT2D eigenvalue weighted by Gasteiger charge is 2.08. The van der Waals surface area contributed by atoms with E-state index in [1.54, 1.807) is 7.11 Å². The van der Waals surface area contributed by atoms with Crippen molar-refractivity contribution in [2.24, 2.45) is 0 Å². The summed E-state index contributed by atoms with van der Waals surface area (Å²) in [5, 5.41) is 5.90. The predicted molar refractivity (Wildman–Crippen MR) is 98.4 cm³/mol. The molecule has 0 saturated carbocycles. The van der Waals surface area contributed by atoms with Gasteiger partial charge in [0.15, 0.2) is 0 Å². The van der Waals surface area contributed by atoms with Gasteiger partial charge in [-0.25, -0.2) is 0 Å². The Morgan fingerprint density at radius 1 is 1.22 bits per heavy atom. The zero-order chi connectivity index (χ0) is 16.7. The van der Waals surface area contributed by atoms with E-state index in [1.807, 2.05) is 24.5 Å². The molecule has 0 spiro atoms. The van der Waals surface area contributed by atoms with Gasteiger partial charge in [-0.15, -0.1) is 0 Å². The third-order valence-electron chi connectivity index (χ3n) is 4.37. The number of pyridine rings is 1. The molecule has 2 rings (SSSR count). The Bertz CT molecular complexity index is 611. The maximum atomic E-state index is 5.29. The average molecular weight is 315 g/mol. The van der Waals surface area contributed by atoms with Crippen LogP contribution >= 0.6 is 0 Å². The lowest BCUT2D eigenvalue weighted by atomic mass is 10.1. The van der Waals surface area contributed by atoms with Crippen LogP contribution in [0.2, 0.25) is 0 Å². The number of hydrogen-bond acceptors (Lipinski definition) is 4. The number of rotatable bonds is 9. The molecule has 1 unspecified atom stereocenters. The second-order valence-electron chi connectivity index (χ2n) is 5.99. The molecule has 0 saturated heterocycles. The van der Waals surface area contributed by atoms with Gasteiger partial charge >= 0.3 is 0 Å². The average Bonchev–Trinajstić information content (AvgIpc) is 2.58. The monoisotopic (exact) mass is 315 g/mol. The van der Waals surface area contributed by atoms with E-state index in [2.05, 4.69) is 42.0 Å². The van der Waals surface area contributed by atoms with Crippen LogP contribution in [0.25, 0.3) is 10.8 Å². The summed E-state index contributed by atoms with van der Waals surface area (Å²) >= 11 is 0. The van der Waals surface area contributed by atoms with E-state index < -0.39 is 0 Å². The standard InChI is InChI=1S/C19H29N3O/c1-5-22(6-2)11-7-8-15(3)21-19-14-20-13-16-12-17(23-4)9-10-18(16)19/h9-10,12-15,21H,5-8,11H2,1-4H3. The molecule has 23 heavy (non-hydrogen) atoms. The normalized spacial score (nSPS) is 12.6. The highest BCUT2D eigenvalue weighted by atomic mass is 16.5. The molecule has 1 N–H and O–H groups in total. The van der Waals surface area contributed by atoms with Gasteiger partial charge in [0.25, 0.3) is 0 Å². The van der Waals surface area contributed by atoms with Crippen LogP contribution < -0.4 is 10.1 Å². The number of anilines is 1. The van der Waals surface area contributed by atoms with Gasteiger partial charge in [0.1, 0.15) is 5.75 Å². The molecule has 1 aromatic heterocycles. The van der Waals surface area contributed by atoms with Crippen molar-refractivity contribution in [1.29, 1.82) is 0 Å². The summed E-state index contributed by atoms with van der Waals surface area (Å²) in [5.41, 5.74) is 1.10. The Balaban J connectivity index is 1.98. The van der Waals surface area contributed by atoms with Crippen molar-refractivity contribution in [3.05, 3.63) is 30.6 Å². The number of benzene rings is 1. The Hall–Kier alpha value is -1.81. The second-order valence-corrected chi connectivity index (χ2v) is 5.99. The van der Waals surface area contributed by atoms with Crippen molar-refractivity contribution < 1.29 is 4.74 Å². The molecule has 0 aliphatic rings. The molecule has 4 heteroatoms. The molecular formula is C19H29N3O. The number of hydrogen-bond donors (Lipinski definition) is 1. The lowest BCUT2D eigenvalue weighted by molar-refractivity contribution is 0.295. The zero-order valence-corrected chi connectivity index (χ0v) is 14.8. The summed E-state index contributed by atoms with van der Waals surface area (Å²) in [7, 11) is 1.69. The van der Waals surface area contributed by atoms with E-state index in [0.29, 0.717) is 6.04 Å². The van der Waals surface area contributed by atoms with Gasteiger partial charge in [0.05, 0.1) is 19.0 Å². The molecular weight excluding hydrogens is 286 g/mol. The summed E-state index contributed by atoms with van der Waals surface area (Å²) in [6.07, 6.45) is 6.16. The van der Waals surface area contributed by atoms with Crippen LogP contribution in [0.15, 0.2) is 30.6 Å². The van der Waals surface area contributed by atoms with Crippen LogP contribution in [0, 0.1) is 0 Å². The Labute approximate surface area is 139 Å². The van der Waals surface area contributed by atoms with E-state index >= 15 is 0 Å². The fraction of sp³-hybridized carbons (Fsp3) is 0.526. The maximum Gasteiger partial charge on any atom is 0.119 e. The highest BCUT2D eigenvalue weighted by Crippen LogP contribution is 2.26. The van der Waals surface area contributed by atoms with Gasteiger partial charge in [0, 0.05) is 23.0 Å². The molecule has 0 bridgehead atoms. The van der Waals surface area contributed by atoms with Gasteiger partial charge in [0.2, 0.25) is 0 Å². The first-order valence-corrected chi connectivity index (χ1v) is 8.58. The van der Waals surface area contributed by atoms with Crippen molar-refractivity contribution in [1.82, 2.24) is 9.88 Å². The number of aromatic nitrogens is 1. The molecule has 1 heterocycles. The second kappa shape index (κ2) is 8.73. The smallest absolute Gasteiger partial charge is 0.119 e. The summed E-state index contributed by atoms with van der Waals surface area (Å²) < 4.78 is 5.29. The minimum atomic E-state index is 0.431. The van der Waals surface area contributed by atoms with Gasteiger partial charge in [-0.2, -0.15) is 0 Å². The molecule has 126 valence electrons. The van der Waals surface area contributed by atoms with Crippen LogP contribution in [0.4, 0.5) is 5.69 Å². The highest BCUT2D eigenvalue weighted by molar-refractivity contribution is 5.93. The molecule has 1 atom stereocenters. The largest absolute Gasteiger partial charge is 0.497 e. The minimum Gasteiger partial charge on any atom is -0.497 e. The fourth-order valence-electron chi connectivity index (χ4n) is 2.90. The fourth-order valence-corrected chi connectivity index (χ4v) is 2.90. The zero-order valence-electron chi connectivity index (χ0n) is 14.8. The molecule has 2 aromatic rings. The molecule has 0 aliphatic carbocycles. The first-order chi connectivity index (χ1) is 11.2. The predicted octanol–water partition coefficient (Wildman–Crippen LogP) is 4.17. The van der Waals surface area contributed by atoms with E-state index in [4.69, 9.17) is 4.74 Å². The van der Waals surface area contributed by atoms with E-state index in [-0.39, 0.29) is 0 Å². The summed E-state index contributed by atoms with van der Waals surface area (Å²) in [4.78, 5) is 6.82. The van der Waals surface area contributed by atoms with Crippen LogP contribution in [0.3, 0.4) is 0 Å². The maximum absolute atomic E-state index is 5.29. The van der Waals surface area contributed by atoms with Gasteiger partial charge in [-0.05, 0) is 57.6 Å². The van der Waals surface area contributed by atoms with Crippen molar-refractivity contribution in [3.63, 3.8) is 0 Å². The van der Waals surface area contributed by atoms with E-state index in [0.717, 1.165) is 36.3 Å². The van der Waals surface area contributed by atoms with Gasteiger partial charge in [-0.1, -0.05) is 13.8 Å². The van der Waals surface area contributed by atoms with Crippen molar-refractivity contribution in [2.75, 3.05) is 32.1 Å².